The van der Waals surface area contributed by atoms with Crippen molar-refractivity contribution >= 4 is 17.5 Å². The second-order valence-electron chi connectivity index (χ2n) is 3.95. The molecule has 1 saturated carbocycles. The summed E-state index contributed by atoms with van der Waals surface area (Å²) in [5.41, 5.74) is 0.248. The maximum absolute atomic E-state index is 11.8. The Balaban J connectivity index is 1.83. The molecule has 0 aliphatic heterocycles. The number of carbonyl (C=O) groups excluding carboxylic acids is 1. The lowest BCUT2D eigenvalue weighted by molar-refractivity contribution is -0.00867. The SMILES string of the molecule is CCOC1CC(NC(=O)c2cncc(Cl)n2)C1. The molecule has 6 heteroatoms. The first kappa shape index (κ1) is 12.3. The standard InChI is InChI=1S/C11H14ClN3O2/c1-2-17-8-3-7(4-8)14-11(16)9-5-13-6-10(12)15-9/h5-8H,2-4H2,1H3,(H,14,16). The average molecular weight is 256 g/mol. The van der Waals surface area contributed by atoms with E-state index in [1.165, 1.54) is 12.4 Å². The normalized spacial score (nSPS) is 22.9. The quantitative estimate of drug-likeness (QED) is 0.884. The van der Waals surface area contributed by atoms with E-state index in [1.807, 2.05) is 6.92 Å². The minimum absolute atomic E-state index is 0.167. The fraction of sp³-hybridized carbons (Fsp3) is 0.545. The second-order valence-corrected chi connectivity index (χ2v) is 4.33. The first-order chi connectivity index (χ1) is 8.19. The highest BCUT2D eigenvalue weighted by atomic mass is 35.5. The fourth-order valence-corrected chi connectivity index (χ4v) is 1.91. The summed E-state index contributed by atoms with van der Waals surface area (Å²) in [6.07, 6.45) is 4.78. The van der Waals surface area contributed by atoms with Gasteiger partial charge in [0.05, 0.1) is 18.5 Å². The van der Waals surface area contributed by atoms with Crippen LogP contribution in [0.5, 0.6) is 0 Å². The maximum atomic E-state index is 11.8. The smallest absolute Gasteiger partial charge is 0.271 e. The van der Waals surface area contributed by atoms with E-state index in [9.17, 15) is 4.79 Å². The van der Waals surface area contributed by atoms with E-state index < -0.39 is 0 Å². The Morgan fingerprint density at radius 2 is 2.35 bits per heavy atom. The Morgan fingerprint density at radius 1 is 1.59 bits per heavy atom. The van der Waals surface area contributed by atoms with E-state index in [1.54, 1.807) is 0 Å². The van der Waals surface area contributed by atoms with Gasteiger partial charge in [0.1, 0.15) is 10.8 Å². The molecule has 1 N–H and O–H groups in total. The number of nitrogens with one attached hydrogen (secondary N) is 1. The zero-order chi connectivity index (χ0) is 12.3. The third kappa shape index (κ3) is 3.14. The summed E-state index contributed by atoms with van der Waals surface area (Å²) in [4.78, 5) is 19.5. The molecule has 2 rings (SSSR count). The molecule has 1 aliphatic rings. The van der Waals surface area contributed by atoms with Crippen LogP contribution >= 0.6 is 11.6 Å². The van der Waals surface area contributed by atoms with Crippen molar-refractivity contribution < 1.29 is 9.53 Å². The number of nitrogens with zero attached hydrogens (tertiary/aromatic N) is 2. The van der Waals surface area contributed by atoms with Crippen molar-refractivity contribution in [3.63, 3.8) is 0 Å². The largest absolute Gasteiger partial charge is 0.378 e. The summed E-state index contributed by atoms with van der Waals surface area (Å²) >= 11 is 5.66. The lowest BCUT2D eigenvalue weighted by Crippen LogP contribution is -2.48. The molecule has 0 saturated heterocycles. The molecule has 0 aromatic carbocycles. The van der Waals surface area contributed by atoms with E-state index >= 15 is 0 Å². The van der Waals surface area contributed by atoms with Crippen molar-refractivity contribution in [3.05, 3.63) is 23.2 Å². The number of ether oxygens (including phenoxy) is 1. The number of aromatic nitrogens is 2. The summed E-state index contributed by atoms with van der Waals surface area (Å²) in [7, 11) is 0. The third-order valence-electron chi connectivity index (χ3n) is 2.67. The minimum Gasteiger partial charge on any atom is -0.378 e. The van der Waals surface area contributed by atoms with Gasteiger partial charge < -0.3 is 10.1 Å². The molecular formula is C11H14ClN3O2. The van der Waals surface area contributed by atoms with E-state index in [4.69, 9.17) is 16.3 Å². The molecule has 0 bridgehead atoms. The van der Waals surface area contributed by atoms with Crippen molar-refractivity contribution in [2.75, 3.05) is 6.61 Å². The van der Waals surface area contributed by atoms with Gasteiger partial charge in [-0.1, -0.05) is 11.6 Å². The molecule has 0 atom stereocenters. The van der Waals surface area contributed by atoms with Crippen molar-refractivity contribution in [2.24, 2.45) is 0 Å². The van der Waals surface area contributed by atoms with Crippen LogP contribution in [0.4, 0.5) is 0 Å². The van der Waals surface area contributed by atoms with Crippen LogP contribution in [0.3, 0.4) is 0 Å². The van der Waals surface area contributed by atoms with Crippen molar-refractivity contribution in [1.29, 1.82) is 0 Å². The van der Waals surface area contributed by atoms with Crippen LogP contribution in [-0.4, -0.2) is 34.6 Å². The van der Waals surface area contributed by atoms with Crippen LogP contribution < -0.4 is 5.32 Å². The number of rotatable bonds is 4. The van der Waals surface area contributed by atoms with Gasteiger partial charge in [0.25, 0.3) is 5.91 Å². The predicted molar refractivity (Wildman–Crippen MR) is 62.9 cm³/mol. The first-order valence-electron chi connectivity index (χ1n) is 5.59. The summed E-state index contributed by atoms with van der Waals surface area (Å²) in [5.74, 6) is -0.236. The van der Waals surface area contributed by atoms with Crippen LogP contribution in [0.25, 0.3) is 0 Å². The number of hydrogen-bond donors (Lipinski definition) is 1. The second kappa shape index (κ2) is 5.42. The number of hydrogen-bond acceptors (Lipinski definition) is 4. The zero-order valence-corrected chi connectivity index (χ0v) is 10.3. The molecule has 1 heterocycles. The lowest BCUT2D eigenvalue weighted by Gasteiger charge is -2.35. The van der Waals surface area contributed by atoms with Gasteiger partial charge in [0, 0.05) is 12.6 Å². The van der Waals surface area contributed by atoms with Gasteiger partial charge in [0.2, 0.25) is 0 Å². The molecule has 1 aliphatic carbocycles. The Labute approximate surface area is 105 Å². The summed E-state index contributed by atoms with van der Waals surface area (Å²) < 4.78 is 5.41. The van der Waals surface area contributed by atoms with Gasteiger partial charge in [-0.25, -0.2) is 4.98 Å². The van der Waals surface area contributed by atoms with Crippen molar-refractivity contribution in [2.45, 2.75) is 31.9 Å². The van der Waals surface area contributed by atoms with Gasteiger partial charge in [-0.3, -0.25) is 9.78 Å². The Hall–Kier alpha value is -1.20. The van der Waals surface area contributed by atoms with Crippen LogP contribution in [0, 0.1) is 0 Å². The van der Waals surface area contributed by atoms with Crippen molar-refractivity contribution in [3.8, 4) is 0 Å². The Kier molecular flexibility index (Phi) is 3.91. The number of halogens is 1. The first-order valence-corrected chi connectivity index (χ1v) is 5.97. The van der Waals surface area contributed by atoms with Gasteiger partial charge in [-0.15, -0.1) is 0 Å². The lowest BCUT2D eigenvalue weighted by atomic mass is 9.89. The fourth-order valence-electron chi connectivity index (χ4n) is 1.77. The molecule has 17 heavy (non-hydrogen) atoms. The monoisotopic (exact) mass is 255 g/mol. The highest BCUT2D eigenvalue weighted by molar-refractivity contribution is 6.29. The van der Waals surface area contributed by atoms with Crippen molar-refractivity contribution in [1.82, 2.24) is 15.3 Å². The molecule has 0 radical (unpaired) electrons. The Bertz CT molecular complexity index is 407. The molecule has 0 spiro atoms. The van der Waals surface area contributed by atoms with E-state index in [0.29, 0.717) is 6.61 Å². The predicted octanol–water partition coefficient (Wildman–Crippen LogP) is 1.43. The van der Waals surface area contributed by atoms with E-state index in [2.05, 4.69) is 15.3 Å². The molecule has 92 valence electrons. The maximum Gasteiger partial charge on any atom is 0.271 e. The zero-order valence-electron chi connectivity index (χ0n) is 9.52. The molecule has 1 fully saturated rings. The van der Waals surface area contributed by atoms with E-state index in [-0.39, 0.29) is 28.9 Å². The third-order valence-corrected chi connectivity index (χ3v) is 2.85. The van der Waals surface area contributed by atoms with Gasteiger partial charge in [-0.2, -0.15) is 0 Å². The molecule has 5 nitrogen and oxygen atoms in total. The summed E-state index contributed by atoms with van der Waals surface area (Å²) in [6.45, 7) is 2.68. The highest BCUT2D eigenvalue weighted by Crippen LogP contribution is 2.23. The Morgan fingerprint density at radius 3 is 3.00 bits per heavy atom. The topological polar surface area (TPSA) is 64.1 Å². The van der Waals surface area contributed by atoms with Gasteiger partial charge in [0.15, 0.2) is 0 Å². The molecule has 1 aromatic rings. The van der Waals surface area contributed by atoms with Gasteiger partial charge in [-0.05, 0) is 19.8 Å². The summed E-state index contributed by atoms with van der Waals surface area (Å²) in [5, 5.41) is 3.09. The molecule has 0 unspecified atom stereocenters. The minimum atomic E-state index is -0.236. The van der Waals surface area contributed by atoms with Gasteiger partial charge >= 0.3 is 0 Å². The molecule has 1 amide bonds. The van der Waals surface area contributed by atoms with Crippen LogP contribution in [0.2, 0.25) is 5.15 Å². The average Bonchev–Trinajstić information content (AvgIpc) is 2.26. The highest BCUT2D eigenvalue weighted by Gasteiger charge is 2.31. The van der Waals surface area contributed by atoms with Crippen LogP contribution in [-0.2, 0) is 4.74 Å². The van der Waals surface area contributed by atoms with Crippen LogP contribution in [0.15, 0.2) is 12.4 Å². The van der Waals surface area contributed by atoms with E-state index in [0.717, 1.165) is 12.8 Å². The number of carbonyl (C=O) groups is 1. The molecule has 1 aromatic heterocycles. The molecular weight excluding hydrogens is 242 g/mol. The number of amides is 1. The van der Waals surface area contributed by atoms with Crippen LogP contribution in [0.1, 0.15) is 30.3 Å². The summed E-state index contributed by atoms with van der Waals surface area (Å²) in [6, 6.07) is 0.167.